The minimum absolute atomic E-state index is 0.178. The Balaban J connectivity index is 1.73. The summed E-state index contributed by atoms with van der Waals surface area (Å²) >= 11 is 1.57. The molecule has 7 nitrogen and oxygen atoms in total. The van der Waals surface area contributed by atoms with E-state index in [1.54, 1.807) is 22.4 Å². The lowest BCUT2D eigenvalue weighted by molar-refractivity contribution is 0.0983. The van der Waals surface area contributed by atoms with Gasteiger partial charge in [0.15, 0.2) is 5.13 Å². The lowest BCUT2D eigenvalue weighted by atomic mass is 10.0. The van der Waals surface area contributed by atoms with Crippen LogP contribution in [0.3, 0.4) is 0 Å². The average Bonchev–Trinajstić information content (AvgIpc) is 3.20. The second kappa shape index (κ2) is 5.79. The van der Waals surface area contributed by atoms with Gasteiger partial charge in [-0.1, -0.05) is 0 Å². The summed E-state index contributed by atoms with van der Waals surface area (Å²) in [7, 11) is 1.95. The van der Waals surface area contributed by atoms with Crippen LogP contribution in [0.25, 0.3) is 11.3 Å². The molecule has 3 heterocycles. The molecule has 3 aromatic heterocycles. The van der Waals surface area contributed by atoms with Gasteiger partial charge in [-0.15, -0.1) is 11.3 Å². The van der Waals surface area contributed by atoms with Crippen molar-refractivity contribution in [1.29, 1.82) is 0 Å². The molecule has 1 aliphatic rings. The van der Waals surface area contributed by atoms with Crippen LogP contribution in [-0.2, 0) is 19.9 Å². The molecule has 3 aromatic rings. The molecule has 122 valence electrons. The minimum atomic E-state index is -0.178. The Kier molecular flexibility index (Phi) is 3.61. The highest BCUT2D eigenvalue weighted by Crippen LogP contribution is 2.39. The van der Waals surface area contributed by atoms with E-state index in [1.807, 2.05) is 24.9 Å². The van der Waals surface area contributed by atoms with E-state index in [4.69, 9.17) is 4.98 Å². The van der Waals surface area contributed by atoms with Crippen molar-refractivity contribution in [2.75, 3.05) is 11.4 Å². The Morgan fingerprint density at radius 1 is 1.33 bits per heavy atom. The van der Waals surface area contributed by atoms with Crippen molar-refractivity contribution >= 4 is 22.4 Å². The zero-order chi connectivity index (χ0) is 16.7. The first kappa shape index (κ1) is 14.9. The van der Waals surface area contributed by atoms with Crippen molar-refractivity contribution in [1.82, 2.24) is 24.7 Å². The third-order valence-electron chi connectivity index (χ3n) is 4.17. The van der Waals surface area contributed by atoms with Gasteiger partial charge in [-0.05, 0) is 19.8 Å². The summed E-state index contributed by atoms with van der Waals surface area (Å²) in [6.45, 7) is 2.46. The smallest absolute Gasteiger partial charge is 0.280 e. The van der Waals surface area contributed by atoms with Crippen LogP contribution in [-0.4, -0.2) is 37.2 Å². The molecule has 1 amide bonds. The highest BCUT2D eigenvalue weighted by Gasteiger charge is 2.27. The number of carbonyl (C=O) groups excluding carboxylic acids is 1. The lowest BCUT2D eigenvalue weighted by Gasteiger charge is -2.16. The van der Waals surface area contributed by atoms with Crippen molar-refractivity contribution in [2.45, 2.75) is 19.8 Å². The molecule has 0 unspecified atom stereocenters. The zero-order valence-corrected chi connectivity index (χ0v) is 14.2. The van der Waals surface area contributed by atoms with Gasteiger partial charge in [0.2, 0.25) is 0 Å². The summed E-state index contributed by atoms with van der Waals surface area (Å²) in [4.78, 5) is 28.4. The number of hydrogen-bond acceptors (Lipinski definition) is 6. The van der Waals surface area contributed by atoms with E-state index in [2.05, 4.69) is 15.1 Å². The fourth-order valence-electron chi connectivity index (χ4n) is 2.94. The Hall–Kier alpha value is -2.61. The molecule has 0 spiro atoms. The molecule has 0 atom stereocenters. The summed E-state index contributed by atoms with van der Waals surface area (Å²) in [6, 6.07) is 0. The molecule has 0 saturated heterocycles. The molecule has 0 bridgehead atoms. The maximum absolute atomic E-state index is 12.7. The van der Waals surface area contributed by atoms with Crippen molar-refractivity contribution in [3.63, 3.8) is 0 Å². The Morgan fingerprint density at radius 3 is 2.96 bits per heavy atom. The number of hydrogen-bond donors (Lipinski definition) is 0. The molecular weight excluding hydrogens is 324 g/mol. The Labute approximate surface area is 143 Å². The number of anilines is 1. The maximum Gasteiger partial charge on any atom is 0.280 e. The molecule has 0 radical (unpaired) electrons. The fraction of sp³-hybridized carbons (Fsp3) is 0.312. The highest BCUT2D eigenvalue weighted by molar-refractivity contribution is 7.16. The highest BCUT2D eigenvalue weighted by atomic mass is 32.1. The van der Waals surface area contributed by atoms with E-state index in [-0.39, 0.29) is 5.91 Å². The summed E-state index contributed by atoms with van der Waals surface area (Å²) in [5.41, 5.74) is 3.55. The summed E-state index contributed by atoms with van der Waals surface area (Å²) in [5.74, 6) is -0.178. The van der Waals surface area contributed by atoms with Crippen LogP contribution in [0.1, 0.15) is 28.0 Å². The number of aromatic nitrogens is 5. The SMILES string of the molecule is CCN(C(=O)c1cnccn1)c1nc2c(s1)CCc1c-2cnn1C. The molecule has 1 aliphatic carbocycles. The number of aryl methyl sites for hydroxylation is 2. The van der Waals surface area contributed by atoms with Crippen LogP contribution in [0.5, 0.6) is 0 Å². The zero-order valence-electron chi connectivity index (χ0n) is 13.4. The van der Waals surface area contributed by atoms with E-state index in [0.717, 1.165) is 24.1 Å². The van der Waals surface area contributed by atoms with Crippen molar-refractivity contribution < 1.29 is 4.79 Å². The van der Waals surface area contributed by atoms with Crippen LogP contribution in [0, 0.1) is 0 Å². The molecule has 0 aromatic carbocycles. The third kappa shape index (κ3) is 2.30. The molecule has 8 heteroatoms. The van der Waals surface area contributed by atoms with Crippen molar-refractivity contribution in [3.05, 3.63) is 41.1 Å². The van der Waals surface area contributed by atoms with Crippen LogP contribution < -0.4 is 4.90 Å². The van der Waals surface area contributed by atoms with Gasteiger partial charge in [0, 0.05) is 42.1 Å². The van der Waals surface area contributed by atoms with Crippen LogP contribution in [0.15, 0.2) is 24.8 Å². The topological polar surface area (TPSA) is 76.8 Å². The normalized spacial score (nSPS) is 12.6. The van der Waals surface area contributed by atoms with Crippen LogP contribution in [0.2, 0.25) is 0 Å². The van der Waals surface area contributed by atoms with Crippen LogP contribution >= 0.6 is 11.3 Å². The van der Waals surface area contributed by atoms with E-state index in [9.17, 15) is 4.79 Å². The quantitative estimate of drug-likeness (QED) is 0.730. The Bertz CT molecular complexity index is 901. The van der Waals surface area contributed by atoms with E-state index in [0.29, 0.717) is 17.4 Å². The van der Waals surface area contributed by atoms with Gasteiger partial charge in [-0.3, -0.25) is 19.4 Å². The van der Waals surface area contributed by atoms with Gasteiger partial charge in [0.1, 0.15) is 5.69 Å². The summed E-state index contributed by atoms with van der Waals surface area (Å²) in [5, 5.41) is 5.04. The fourth-order valence-corrected chi connectivity index (χ4v) is 4.07. The molecule has 4 rings (SSSR count). The van der Waals surface area contributed by atoms with Gasteiger partial charge in [-0.2, -0.15) is 5.10 Å². The molecule has 0 aliphatic heterocycles. The maximum atomic E-state index is 12.7. The summed E-state index contributed by atoms with van der Waals surface area (Å²) < 4.78 is 1.90. The standard InChI is InChI=1S/C16H16N6OS/c1-3-22(15(23)11-9-17-6-7-18-11)16-20-14-10-8-19-21(2)12(10)4-5-13(14)24-16/h6-9H,3-5H2,1-2H3. The molecule has 0 N–H and O–H groups in total. The van der Waals surface area contributed by atoms with Gasteiger partial charge in [-0.25, -0.2) is 9.97 Å². The van der Waals surface area contributed by atoms with E-state index in [1.165, 1.54) is 23.0 Å². The van der Waals surface area contributed by atoms with Gasteiger partial charge >= 0.3 is 0 Å². The first-order valence-corrected chi connectivity index (χ1v) is 8.59. The number of rotatable bonds is 3. The largest absolute Gasteiger partial charge is 0.283 e. The Morgan fingerprint density at radius 2 is 2.21 bits per heavy atom. The number of thiazole rings is 1. The number of fused-ring (bicyclic) bond motifs is 3. The predicted molar refractivity (Wildman–Crippen MR) is 91.1 cm³/mol. The average molecular weight is 340 g/mol. The lowest BCUT2D eigenvalue weighted by Crippen LogP contribution is -2.31. The monoisotopic (exact) mass is 340 g/mol. The predicted octanol–water partition coefficient (Wildman–Crippen LogP) is 2.10. The number of nitrogens with zero attached hydrogens (tertiary/aromatic N) is 6. The van der Waals surface area contributed by atoms with Gasteiger partial charge < -0.3 is 0 Å². The number of carbonyl (C=O) groups is 1. The van der Waals surface area contributed by atoms with E-state index < -0.39 is 0 Å². The second-order valence-electron chi connectivity index (χ2n) is 5.54. The third-order valence-corrected chi connectivity index (χ3v) is 5.30. The second-order valence-corrected chi connectivity index (χ2v) is 6.60. The number of amides is 1. The first-order chi connectivity index (χ1) is 11.7. The minimum Gasteiger partial charge on any atom is -0.283 e. The van der Waals surface area contributed by atoms with Crippen molar-refractivity contribution in [2.24, 2.45) is 7.05 Å². The summed E-state index contributed by atoms with van der Waals surface area (Å²) in [6.07, 6.45) is 8.30. The van der Waals surface area contributed by atoms with Gasteiger partial charge in [0.25, 0.3) is 5.91 Å². The molecular formula is C16H16N6OS. The van der Waals surface area contributed by atoms with Crippen LogP contribution in [0.4, 0.5) is 5.13 Å². The first-order valence-electron chi connectivity index (χ1n) is 7.78. The van der Waals surface area contributed by atoms with E-state index >= 15 is 0 Å². The van der Waals surface area contributed by atoms with Crippen molar-refractivity contribution in [3.8, 4) is 11.3 Å². The molecule has 24 heavy (non-hydrogen) atoms. The molecule has 0 fully saturated rings. The van der Waals surface area contributed by atoms with Gasteiger partial charge in [0.05, 0.1) is 18.1 Å². The molecule has 0 saturated carbocycles.